The number of carbonyl (C=O) groups excluding carboxylic acids is 2. The molecule has 4 rings (SSSR count). The molecular weight excluding hydrogens is 449 g/mol. The zero-order valence-electron chi connectivity index (χ0n) is 14.2. The van der Waals surface area contributed by atoms with Gasteiger partial charge in [-0.15, -0.1) is 0 Å². The minimum atomic E-state index is -0.684. The number of rotatable bonds is 3. The zero-order chi connectivity index (χ0) is 19.8. The Morgan fingerprint density at radius 1 is 1.25 bits per heavy atom. The number of fused-ring (bicyclic) bond motifs is 1. The number of anilines is 1. The van der Waals surface area contributed by atoms with Gasteiger partial charge in [-0.2, -0.15) is 0 Å². The van der Waals surface area contributed by atoms with Gasteiger partial charge in [0.1, 0.15) is 11.4 Å². The SMILES string of the molecule is O=C(Nc1cc(Br)cc2c1C(c1cc(F)ccc1Cl)NC2=O)c1ccc[nH+]c1. The monoisotopic (exact) mass is 460 g/mol. The number of H-pyrrole nitrogens is 1. The Labute approximate surface area is 173 Å². The number of aromatic nitrogens is 1. The molecule has 2 amide bonds. The van der Waals surface area contributed by atoms with E-state index in [2.05, 4.69) is 31.5 Å². The summed E-state index contributed by atoms with van der Waals surface area (Å²) in [6.07, 6.45) is 3.26. The highest BCUT2D eigenvalue weighted by Gasteiger charge is 2.34. The van der Waals surface area contributed by atoms with Crippen molar-refractivity contribution in [1.29, 1.82) is 0 Å². The largest absolute Gasteiger partial charge is 0.341 e. The number of pyridine rings is 1. The molecule has 0 saturated heterocycles. The molecule has 0 fully saturated rings. The predicted octanol–water partition coefficient (Wildman–Crippen LogP) is 4.14. The number of benzene rings is 2. The fraction of sp³-hybridized carbons (Fsp3) is 0.0500. The van der Waals surface area contributed by atoms with Gasteiger partial charge in [-0.05, 0) is 36.4 Å². The predicted molar refractivity (Wildman–Crippen MR) is 106 cm³/mol. The maximum atomic E-state index is 13.8. The van der Waals surface area contributed by atoms with Crippen LogP contribution < -0.4 is 15.6 Å². The summed E-state index contributed by atoms with van der Waals surface area (Å²) in [7, 11) is 0. The van der Waals surface area contributed by atoms with Gasteiger partial charge in [0.2, 0.25) is 0 Å². The van der Waals surface area contributed by atoms with Gasteiger partial charge >= 0.3 is 0 Å². The van der Waals surface area contributed by atoms with Crippen molar-refractivity contribution in [2.75, 3.05) is 5.32 Å². The molecule has 0 saturated carbocycles. The van der Waals surface area contributed by atoms with E-state index in [1.165, 1.54) is 18.2 Å². The van der Waals surface area contributed by atoms with E-state index in [9.17, 15) is 14.0 Å². The van der Waals surface area contributed by atoms with Gasteiger partial charge < -0.3 is 10.6 Å². The number of nitrogens with one attached hydrogen (secondary N) is 3. The van der Waals surface area contributed by atoms with Gasteiger partial charge in [0.15, 0.2) is 12.4 Å². The van der Waals surface area contributed by atoms with Crippen LogP contribution in [0.2, 0.25) is 5.02 Å². The fourth-order valence-electron chi connectivity index (χ4n) is 3.20. The highest BCUT2D eigenvalue weighted by molar-refractivity contribution is 9.10. The molecule has 2 aromatic carbocycles. The third-order valence-electron chi connectivity index (χ3n) is 4.44. The Hall–Kier alpha value is -2.77. The first-order valence-corrected chi connectivity index (χ1v) is 9.48. The first-order valence-electron chi connectivity index (χ1n) is 8.31. The van der Waals surface area contributed by atoms with Gasteiger partial charge in [-0.1, -0.05) is 27.5 Å². The van der Waals surface area contributed by atoms with Crippen LogP contribution in [0.4, 0.5) is 10.1 Å². The number of carbonyl (C=O) groups is 2. The Morgan fingerprint density at radius 3 is 2.82 bits per heavy atom. The summed E-state index contributed by atoms with van der Waals surface area (Å²) >= 11 is 9.63. The molecule has 0 radical (unpaired) electrons. The summed E-state index contributed by atoms with van der Waals surface area (Å²) in [6, 6.07) is 10.0. The Balaban J connectivity index is 1.81. The molecule has 3 N–H and O–H groups in total. The highest BCUT2D eigenvalue weighted by Crippen LogP contribution is 2.40. The first kappa shape index (κ1) is 18.6. The third-order valence-corrected chi connectivity index (χ3v) is 5.24. The minimum Gasteiger partial charge on any atom is -0.341 e. The van der Waals surface area contributed by atoms with Gasteiger partial charge in [0.05, 0.1) is 6.04 Å². The summed E-state index contributed by atoms with van der Waals surface area (Å²) in [6.45, 7) is 0. The molecular formula is C20H13BrClFN3O2+. The van der Waals surface area contributed by atoms with E-state index >= 15 is 0 Å². The number of aromatic amines is 1. The standard InChI is InChI=1S/C20H12BrClFN3O2/c21-11-6-14-17(16(7-11)25-19(27)10-2-1-5-24-9-10)18(26-20(14)28)13-8-12(23)3-4-15(13)22/h1-9,18H,(H,25,27)(H,26,28)/p+1. The fourth-order valence-corrected chi connectivity index (χ4v) is 3.88. The van der Waals surface area contributed by atoms with E-state index in [0.717, 1.165) is 0 Å². The number of hydrogen-bond acceptors (Lipinski definition) is 2. The Kier molecular flexibility index (Phi) is 4.87. The Morgan fingerprint density at radius 2 is 2.07 bits per heavy atom. The van der Waals surface area contributed by atoms with Gasteiger partial charge in [-0.3, -0.25) is 9.59 Å². The number of amides is 2. The van der Waals surface area contributed by atoms with Crippen molar-refractivity contribution in [2.24, 2.45) is 0 Å². The molecule has 3 aromatic rings. The topological polar surface area (TPSA) is 72.3 Å². The molecule has 1 unspecified atom stereocenters. The maximum absolute atomic E-state index is 13.8. The highest BCUT2D eigenvalue weighted by atomic mass is 79.9. The smallest absolute Gasteiger partial charge is 0.261 e. The van der Waals surface area contributed by atoms with Gasteiger partial charge in [0.25, 0.3) is 11.8 Å². The second-order valence-electron chi connectivity index (χ2n) is 6.23. The van der Waals surface area contributed by atoms with Crippen molar-refractivity contribution in [3.8, 4) is 0 Å². The molecule has 1 aromatic heterocycles. The summed E-state index contributed by atoms with van der Waals surface area (Å²) in [5.74, 6) is -1.14. The van der Waals surface area contributed by atoms with E-state index < -0.39 is 11.9 Å². The van der Waals surface area contributed by atoms with Crippen LogP contribution in [-0.4, -0.2) is 11.8 Å². The van der Waals surface area contributed by atoms with Crippen LogP contribution in [0.15, 0.2) is 59.3 Å². The quantitative estimate of drug-likeness (QED) is 0.615. The molecule has 0 spiro atoms. The van der Waals surface area contributed by atoms with Crippen molar-refractivity contribution >= 4 is 45.0 Å². The lowest BCUT2D eigenvalue weighted by molar-refractivity contribution is -0.378. The van der Waals surface area contributed by atoms with Gasteiger partial charge in [-0.25, -0.2) is 9.37 Å². The van der Waals surface area contributed by atoms with Crippen LogP contribution in [0.25, 0.3) is 0 Å². The molecule has 1 aliphatic heterocycles. The molecule has 2 heterocycles. The lowest BCUT2D eigenvalue weighted by Gasteiger charge is -2.18. The molecule has 5 nitrogen and oxygen atoms in total. The van der Waals surface area contributed by atoms with Crippen molar-refractivity contribution < 1.29 is 19.0 Å². The van der Waals surface area contributed by atoms with Crippen molar-refractivity contribution in [3.05, 3.63) is 92.4 Å². The minimum absolute atomic E-state index is 0.317. The molecule has 0 aliphatic carbocycles. The summed E-state index contributed by atoms with van der Waals surface area (Å²) in [5.41, 5.74) is 2.19. The zero-order valence-corrected chi connectivity index (χ0v) is 16.6. The molecule has 28 heavy (non-hydrogen) atoms. The van der Waals surface area contributed by atoms with Crippen LogP contribution in [0.3, 0.4) is 0 Å². The van der Waals surface area contributed by atoms with Crippen LogP contribution in [0.1, 0.15) is 37.9 Å². The first-order chi connectivity index (χ1) is 13.4. The maximum Gasteiger partial charge on any atom is 0.261 e. The number of halogens is 3. The van der Waals surface area contributed by atoms with Crippen molar-refractivity contribution in [1.82, 2.24) is 5.32 Å². The van der Waals surface area contributed by atoms with Crippen LogP contribution >= 0.6 is 27.5 Å². The van der Waals surface area contributed by atoms with Crippen LogP contribution in [-0.2, 0) is 0 Å². The molecule has 8 heteroatoms. The van der Waals surface area contributed by atoms with E-state index in [1.807, 2.05) is 0 Å². The van der Waals surface area contributed by atoms with Crippen molar-refractivity contribution in [3.63, 3.8) is 0 Å². The number of hydrogen-bond donors (Lipinski definition) is 2. The van der Waals surface area contributed by atoms with Crippen molar-refractivity contribution in [2.45, 2.75) is 6.04 Å². The average Bonchev–Trinajstić information content (AvgIpc) is 3.01. The molecule has 0 bridgehead atoms. The molecule has 140 valence electrons. The lowest BCUT2D eigenvalue weighted by atomic mass is 9.96. The van der Waals surface area contributed by atoms with E-state index in [0.29, 0.717) is 37.4 Å². The van der Waals surface area contributed by atoms with Gasteiger partial charge in [0, 0.05) is 37.9 Å². The third kappa shape index (κ3) is 3.39. The summed E-state index contributed by atoms with van der Waals surface area (Å²) in [4.78, 5) is 28.0. The van der Waals surface area contributed by atoms with E-state index in [1.54, 1.807) is 36.7 Å². The van der Waals surface area contributed by atoms with E-state index in [-0.39, 0.29) is 11.8 Å². The molecule has 1 atom stereocenters. The van der Waals surface area contributed by atoms with Crippen LogP contribution in [0.5, 0.6) is 0 Å². The Bertz CT molecular complexity index is 1110. The van der Waals surface area contributed by atoms with Crippen LogP contribution in [0, 0.1) is 5.82 Å². The summed E-state index contributed by atoms with van der Waals surface area (Å²) in [5, 5.41) is 5.97. The average molecular weight is 462 g/mol. The molecule has 1 aliphatic rings. The second-order valence-corrected chi connectivity index (χ2v) is 7.56. The lowest BCUT2D eigenvalue weighted by Crippen LogP contribution is -2.21. The summed E-state index contributed by atoms with van der Waals surface area (Å²) < 4.78 is 14.4. The normalized spacial score (nSPS) is 15.1. The second kappa shape index (κ2) is 7.33. The van der Waals surface area contributed by atoms with E-state index in [4.69, 9.17) is 11.6 Å².